The van der Waals surface area contributed by atoms with Gasteiger partial charge in [0.15, 0.2) is 6.10 Å². The van der Waals surface area contributed by atoms with Crippen molar-refractivity contribution < 1.29 is 9.53 Å². The predicted molar refractivity (Wildman–Crippen MR) is 86.5 cm³/mol. The molecule has 3 heterocycles. The Kier molecular flexibility index (Phi) is 3.73. The predicted octanol–water partition coefficient (Wildman–Crippen LogP) is 2.53. The molecule has 1 fully saturated rings. The summed E-state index contributed by atoms with van der Waals surface area (Å²) in [6, 6.07) is 7.62. The summed E-state index contributed by atoms with van der Waals surface area (Å²) in [4.78, 5) is 14.8. The maximum absolute atomic E-state index is 12.9. The van der Waals surface area contributed by atoms with Gasteiger partial charge in [0.2, 0.25) is 0 Å². The number of halogens is 1. The number of nitrogens with zero attached hydrogens (tertiary/aromatic N) is 3. The smallest absolute Gasteiger partial charge is 0.264 e. The maximum atomic E-state index is 12.9. The summed E-state index contributed by atoms with van der Waals surface area (Å²) in [6.45, 7) is 1.53. The third kappa shape index (κ3) is 2.81. The molecular formula is C17H18ClN3O2. The number of benzene rings is 1. The van der Waals surface area contributed by atoms with E-state index >= 15 is 0 Å². The maximum Gasteiger partial charge on any atom is 0.264 e. The molecule has 0 aliphatic carbocycles. The molecule has 0 N–H and O–H groups in total. The standard InChI is InChI=1S/C17H18ClN3O2/c18-13-4-5-15-12(9-13)10-16(23-15)17(22)21-8-1-3-14(21)11-20-7-2-6-19-20/h2,4-7,9,14,16H,1,3,8,10-11H2/t14-,16+/m0/s1. The van der Waals surface area contributed by atoms with Crippen LogP contribution in [0.5, 0.6) is 5.75 Å². The van der Waals surface area contributed by atoms with E-state index in [0.29, 0.717) is 11.4 Å². The Morgan fingerprint density at radius 3 is 3.17 bits per heavy atom. The van der Waals surface area contributed by atoms with Crippen molar-refractivity contribution in [3.8, 4) is 5.75 Å². The Morgan fingerprint density at radius 1 is 1.43 bits per heavy atom. The van der Waals surface area contributed by atoms with Crippen LogP contribution in [0, 0.1) is 0 Å². The molecule has 0 unspecified atom stereocenters. The zero-order chi connectivity index (χ0) is 15.8. The quantitative estimate of drug-likeness (QED) is 0.868. The first-order chi connectivity index (χ1) is 11.2. The molecule has 1 saturated heterocycles. The van der Waals surface area contributed by atoms with Gasteiger partial charge in [-0.3, -0.25) is 9.48 Å². The molecule has 2 aromatic rings. The van der Waals surface area contributed by atoms with Gasteiger partial charge in [-0.2, -0.15) is 5.10 Å². The van der Waals surface area contributed by atoms with E-state index in [2.05, 4.69) is 5.10 Å². The van der Waals surface area contributed by atoms with Crippen molar-refractivity contribution in [2.24, 2.45) is 0 Å². The van der Waals surface area contributed by atoms with E-state index in [-0.39, 0.29) is 11.9 Å². The van der Waals surface area contributed by atoms with Gasteiger partial charge in [-0.05, 0) is 42.7 Å². The molecular weight excluding hydrogens is 314 g/mol. The summed E-state index contributed by atoms with van der Waals surface area (Å²) in [5.74, 6) is 0.850. The van der Waals surface area contributed by atoms with Gasteiger partial charge >= 0.3 is 0 Å². The molecule has 23 heavy (non-hydrogen) atoms. The molecule has 120 valence electrons. The molecule has 2 aliphatic heterocycles. The largest absolute Gasteiger partial charge is 0.480 e. The topological polar surface area (TPSA) is 47.4 Å². The molecule has 0 spiro atoms. The summed E-state index contributed by atoms with van der Waals surface area (Å²) in [6.07, 6.45) is 5.91. The molecule has 1 aromatic heterocycles. The van der Waals surface area contributed by atoms with Crippen LogP contribution < -0.4 is 4.74 Å². The van der Waals surface area contributed by atoms with E-state index in [1.165, 1.54) is 0 Å². The van der Waals surface area contributed by atoms with Crippen LogP contribution in [0.2, 0.25) is 5.02 Å². The number of carbonyl (C=O) groups excluding carboxylic acids is 1. The van der Waals surface area contributed by atoms with Crippen LogP contribution in [0.25, 0.3) is 0 Å². The Bertz CT molecular complexity index is 717. The fourth-order valence-electron chi connectivity index (χ4n) is 3.48. The number of hydrogen-bond acceptors (Lipinski definition) is 3. The molecule has 6 heteroatoms. The van der Waals surface area contributed by atoms with Crippen molar-refractivity contribution >= 4 is 17.5 Å². The Balaban J connectivity index is 1.46. The van der Waals surface area contributed by atoms with Crippen molar-refractivity contribution in [1.29, 1.82) is 0 Å². The number of rotatable bonds is 3. The van der Waals surface area contributed by atoms with E-state index in [0.717, 1.165) is 37.2 Å². The van der Waals surface area contributed by atoms with Crippen LogP contribution in [0.4, 0.5) is 0 Å². The van der Waals surface area contributed by atoms with Crippen LogP contribution >= 0.6 is 11.6 Å². The summed E-state index contributed by atoms with van der Waals surface area (Å²) >= 11 is 6.02. The minimum absolute atomic E-state index is 0.0759. The molecule has 0 saturated carbocycles. The highest BCUT2D eigenvalue weighted by Crippen LogP contribution is 2.32. The number of fused-ring (bicyclic) bond motifs is 1. The van der Waals surface area contributed by atoms with Crippen LogP contribution in [0.3, 0.4) is 0 Å². The molecule has 0 radical (unpaired) electrons. The van der Waals surface area contributed by atoms with Gasteiger partial charge in [-0.25, -0.2) is 0 Å². The van der Waals surface area contributed by atoms with Gasteiger partial charge in [0.25, 0.3) is 5.91 Å². The number of carbonyl (C=O) groups is 1. The second-order valence-electron chi connectivity index (χ2n) is 6.12. The normalized spacial score (nSPS) is 22.9. The monoisotopic (exact) mass is 331 g/mol. The third-order valence-corrected chi connectivity index (χ3v) is 4.82. The number of amides is 1. The fraction of sp³-hybridized carbons (Fsp3) is 0.412. The van der Waals surface area contributed by atoms with E-state index in [9.17, 15) is 4.79 Å². The van der Waals surface area contributed by atoms with Crippen molar-refractivity contribution in [3.63, 3.8) is 0 Å². The summed E-state index contributed by atoms with van der Waals surface area (Å²) in [7, 11) is 0. The van der Waals surface area contributed by atoms with Crippen molar-refractivity contribution in [2.45, 2.75) is 38.0 Å². The van der Waals surface area contributed by atoms with E-state index in [1.807, 2.05) is 34.0 Å². The summed E-state index contributed by atoms with van der Waals surface area (Å²) < 4.78 is 7.74. The van der Waals surface area contributed by atoms with Gasteiger partial charge in [-0.15, -0.1) is 0 Å². The summed E-state index contributed by atoms with van der Waals surface area (Å²) in [5, 5.41) is 4.92. The molecule has 2 atom stereocenters. The van der Waals surface area contributed by atoms with Gasteiger partial charge in [0.1, 0.15) is 5.75 Å². The van der Waals surface area contributed by atoms with Gasteiger partial charge in [0, 0.05) is 30.4 Å². The molecule has 1 aromatic carbocycles. The Labute approximate surface area is 139 Å². The van der Waals surface area contributed by atoms with Crippen LogP contribution in [-0.4, -0.2) is 39.3 Å². The third-order valence-electron chi connectivity index (χ3n) is 4.59. The van der Waals surface area contributed by atoms with Crippen LogP contribution in [0.15, 0.2) is 36.7 Å². The molecule has 4 rings (SSSR count). The average Bonchev–Trinajstić information content (AvgIpc) is 3.26. The second-order valence-corrected chi connectivity index (χ2v) is 6.55. The van der Waals surface area contributed by atoms with Gasteiger partial charge < -0.3 is 9.64 Å². The average molecular weight is 332 g/mol. The Morgan fingerprint density at radius 2 is 2.35 bits per heavy atom. The first-order valence-corrected chi connectivity index (χ1v) is 8.31. The Hall–Kier alpha value is -2.01. The minimum atomic E-state index is -0.429. The molecule has 0 bridgehead atoms. The van der Waals surface area contributed by atoms with Crippen molar-refractivity contribution in [3.05, 3.63) is 47.2 Å². The lowest BCUT2D eigenvalue weighted by Crippen LogP contribution is -2.45. The first kappa shape index (κ1) is 14.6. The number of ether oxygens (including phenoxy) is 1. The van der Waals surface area contributed by atoms with Gasteiger partial charge in [-0.1, -0.05) is 11.6 Å². The second kappa shape index (κ2) is 5.89. The minimum Gasteiger partial charge on any atom is -0.480 e. The molecule has 5 nitrogen and oxygen atoms in total. The number of aromatic nitrogens is 2. The van der Waals surface area contributed by atoms with E-state index < -0.39 is 6.10 Å². The highest BCUT2D eigenvalue weighted by atomic mass is 35.5. The highest BCUT2D eigenvalue weighted by Gasteiger charge is 2.37. The highest BCUT2D eigenvalue weighted by molar-refractivity contribution is 6.30. The SMILES string of the molecule is O=C([C@H]1Cc2cc(Cl)ccc2O1)N1CCC[C@H]1Cn1cccn1. The van der Waals surface area contributed by atoms with E-state index in [1.54, 1.807) is 12.3 Å². The van der Waals surface area contributed by atoms with Crippen LogP contribution in [-0.2, 0) is 17.8 Å². The lowest BCUT2D eigenvalue weighted by molar-refractivity contribution is -0.139. The molecule has 1 amide bonds. The number of hydrogen-bond donors (Lipinski definition) is 0. The zero-order valence-electron chi connectivity index (χ0n) is 12.7. The van der Waals surface area contributed by atoms with Crippen molar-refractivity contribution in [1.82, 2.24) is 14.7 Å². The first-order valence-electron chi connectivity index (χ1n) is 7.94. The lowest BCUT2D eigenvalue weighted by atomic mass is 10.1. The molecule has 2 aliphatic rings. The van der Waals surface area contributed by atoms with Crippen LogP contribution in [0.1, 0.15) is 18.4 Å². The number of likely N-dealkylation sites (tertiary alicyclic amines) is 1. The van der Waals surface area contributed by atoms with E-state index in [4.69, 9.17) is 16.3 Å². The fourth-order valence-corrected chi connectivity index (χ4v) is 3.67. The van der Waals surface area contributed by atoms with Crippen molar-refractivity contribution in [2.75, 3.05) is 6.54 Å². The summed E-state index contributed by atoms with van der Waals surface area (Å²) in [5.41, 5.74) is 1.01. The lowest BCUT2D eigenvalue weighted by Gasteiger charge is -2.27. The van der Waals surface area contributed by atoms with Gasteiger partial charge in [0.05, 0.1) is 12.6 Å². The zero-order valence-corrected chi connectivity index (χ0v) is 13.4.